The lowest BCUT2D eigenvalue weighted by Gasteiger charge is -2.33. The molecule has 0 unspecified atom stereocenters. The molecule has 26 heavy (non-hydrogen) atoms. The standard InChI is InChI=1S/C18H26FN3O3S/c1-22(15-5-3-2-4-6-15)17-8-7-13(11-16(17)19)20-18(23)21-14-9-10-26(24,25)12-14/h7-8,11,14-15H,2-6,9-10,12H2,1H3,(H2,20,21,23)/t14-/m1/s1. The number of amides is 2. The first-order valence-corrected chi connectivity index (χ1v) is 11.0. The van der Waals surface area contributed by atoms with Crippen LogP contribution in [-0.2, 0) is 9.84 Å². The van der Waals surface area contributed by atoms with Gasteiger partial charge in [-0.25, -0.2) is 17.6 Å². The van der Waals surface area contributed by atoms with Crippen LogP contribution in [0.2, 0.25) is 0 Å². The van der Waals surface area contributed by atoms with Gasteiger partial charge in [0.25, 0.3) is 0 Å². The maximum Gasteiger partial charge on any atom is 0.319 e. The van der Waals surface area contributed by atoms with E-state index >= 15 is 0 Å². The molecule has 0 radical (unpaired) electrons. The van der Waals surface area contributed by atoms with Crippen LogP contribution >= 0.6 is 0 Å². The Hall–Kier alpha value is -1.83. The minimum atomic E-state index is -3.05. The summed E-state index contributed by atoms with van der Waals surface area (Å²) in [5.41, 5.74) is 0.881. The second-order valence-corrected chi connectivity index (χ2v) is 9.50. The third-order valence-corrected chi connectivity index (χ3v) is 7.04. The van der Waals surface area contributed by atoms with Crippen LogP contribution in [0.15, 0.2) is 18.2 Å². The Balaban J connectivity index is 1.59. The summed E-state index contributed by atoms with van der Waals surface area (Å²) in [6.45, 7) is 0. The Kier molecular flexibility index (Phi) is 5.70. The van der Waals surface area contributed by atoms with Gasteiger partial charge in [0.15, 0.2) is 9.84 Å². The zero-order chi connectivity index (χ0) is 18.7. The molecule has 1 saturated heterocycles. The molecule has 8 heteroatoms. The fourth-order valence-corrected chi connectivity index (χ4v) is 5.47. The molecule has 1 heterocycles. The molecule has 1 aliphatic heterocycles. The number of carbonyl (C=O) groups excluding carboxylic acids is 1. The molecule has 2 amide bonds. The number of carbonyl (C=O) groups is 1. The van der Waals surface area contributed by atoms with Gasteiger partial charge in [-0.05, 0) is 37.5 Å². The molecular weight excluding hydrogens is 357 g/mol. The molecule has 2 N–H and O–H groups in total. The number of nitrogens with one attached hydrogen (secondary N) is 2. The van der Waals surface area contributed by atoms with Crippen LogP contribution in [0.25, 0.3) is 0 Å². The van der Waals surface area contributed by atoms with Crippen molar-refractivity contribution in [3.8, 4) is 0 Å². The first-order valence-electron chi connectivity index (χ1n) is 9.14. The lowest BCUT2D eigenvalue weighted by atomic mass is 9.94. The molecule has 1 aromatic rings. The van der Waals surface area contributed by atoms with Crippen molar-refractivity contribution in [1.29, 1.82) is 0 Å². The molecule has 1 aliphatic carbocycles. The Bertz CT molecular complexity index is 763. The molecular formula is C18H26FN3O3S. The molecule has 1 atom stereocenters. The van der Waals surface area contributed by atoms with E-state index in [1.165, 1.54) is 25.3 Å². The predicted octanol–water partition coefficient (Wildman–Crippen LogP) is 2.90. The number of benzene rings is 1. The highest BCUT2D eigenvalue weighted by Crippen LogP contribution is 2.29. The molecule has 2 aliphatic rings. The number of anilines is 2. The third-order valence-electron chi connectivity index (χ3n) is 5.28. The second kappa shape index (κ2) is 7.82. The molecule has 0 bridgehead atoms. The maximum atomic E-state index is 14.5. The highest BCUT2D eigenvalue weighted by atomic mass is 32.2. The quantitative estimate of drug-likeness (QED) is 0.838. The lowest BCUT2D eigenvalue weighted by Crippen LogP contribution is -2.38. The van der Waals surface area contributed by atoms with Gasteiger partial charge in [0.05, 0.1) is 17.2 Å². The van der Waals surface area contributed by atoms with Crippen molar-refractivity contribution in [3.63, 3.8) is 0 Å². The van der Waals surface area contributed by atoms with Gasteiger partial charge >= 0.3 is 6.03 Å². The normalized spacial score (nSPS) is 22.8. The Morgan fingerprint density at radius 1 is 1.19 bits per heavy atom. The van der Waals surface area contributed by atoms with Gasteiger partial charge in [-0.3, -0.25) is 0 Å². The van der Waals surface area contributed by atoms with Gasteiger partial charge in [0, 0.05) is 24.8 Å². The SMILES string of the molecule is CN(c1ccc(NC(=O)N[C@@H]2CCS(=O)(=O)C2)cc1F)C1CCCCC1. The summed E-state index contributed by atoms with van der Waals surface area (Å²) < 4.78 is 37.4. The first kappa shape index (κ1) is 18.9. The molecule has 3 rings (SSSR count). The molecule has 6 nitrogen and oxygen atoms in total. The van der Waals surface area contributed by atoms with E-state index in [0.29, 0.717) is 23.8 Å². The van der Waals surface area contributed by atoms with E-state index < -0.39 is 15.9 Å². The molecule has 2 fully saturated rings. The maximum absolute atomic E-state index is 14.5. The van der Waals surface area contributed by atoms with Gasteiger partial charge < -0.3 is 15.5 Å². The van der Waals surface area contributed by atoms with Crippen molar-refractivity contribution >= 4 is 27.2 Å². The van der Waals surface area contributed by atoms with Crippen molar-refractivity contribution < 1.29 is 17.6 Å². The minimum absolute atomic E-state index is 0.0418. The molecule has 1 aromatic carbocycles. The van der Waals surface area contributed by atoms with Gasteiger partial charge in [0.2, 0.25) is 0 Å². The van der Waals surface area contributed by atoms with Gasteiger partial charge in [-0.2, -0.15) is 0 Å². The Morgan fingerprint density at radius 2 is 1.92 bits per heavy atom. The highest BCUT2D eigenvalue weighted by Gasteiger charge is 2.29. The van der Waals surface area contributed by atoms with Crippen molar-refractivity contribution in [3.05, 3.63) is 24.0 Å². The number of hydrogen-bond acceptors (Lipinski definition) is 4. The van der Waals surface area contributed by atoms with E-state index in [2.05, 4.69) is 10.6 Å². The largest absolute Gasteiger partial charge is 0.369 e. The van der Waals surface area contributed by atoms with Crippen LogP contribution in [0.3, 0.4) is 0 Å². The Morgan fingerprint density at radius 3 is 2.54 bits per heavy atom. The van der Waals surface area contributed by atoms with E-state index in [-0.39, 0.29) is 23.4 Å². The topological polar surface area (TPSA) is 78.5 Å². The highest BCUT2D eigenvalue weighted by molar-refractivity contribution is 7.91. The average molecular weight is 383 g/mol. The van der Waals surface area contributed by atoms with E-state index in [1.54, 1.807) is 12.1 Å². The number of sulfone groups is 1. The van der Waals surface area contributed by atoms with Crippen LogP contribution in [-0.4, -0.2) is 45.1 Å². The summed E-state index contributed by atoms with van der Waals surface area (Å²) in [7, 11) is -1.14. The zero-order valence-corrected chi connectivity index (χ0v) is 15.8. The summed E-state index contributed by atoms with van der Waals surface area (Å²) >= 11 is 0. The molecule has 0 spiro atoms. The van der Waals surface area contributed by atoms with Gasteiger partial charge in [0.1, 0.15) is 5.82 Å². The van der Waals surface area contributed by atoms with Crippen molar-refractivity contribution in [1.82, 2.24) is 5.32 Å². The van der Waals surface area contributed by atoms with E-state index in [0.717, 1.165) is 12.8 Å². The number of urea groups is 1. The number of halogens is 1. The summed E-state index contributed by atoms with van der Waals surface area (Å²) in [5.74, 6) is -0.325. The predicted molar refractivity (Wildman–Crippen MR) is 101 cm³/mol. The van der Waals surface area contributed by atoms with Crippen LogP contribution in [0.1, 0.15) is 38.5 Å². The van der Waals surface area contributed by atoms with E-state index in [9.17, 15) is 17.6 Å². The van der Waals surface area contributed by atoms with Gasteiger partial charge in [-0.1, -0.05) is 19.3 Å². The average Bonchev–Trinajstić information content (AvgIpc) is 2.93. The number of hydrogen-bond donors (Lipinski definition) is 2. The summed E-state index contributed by atoms with van der Waals surface area (Å²) in [4.78, 5) is 14.0. The first-order chi connectivity index (χ1) is 12.3. The van der Waals surface area contributed by atoms with Crippen LogP contribution in [0, 0.1) is 5.82 Å². The van der Waals surface area contributed by atoms with Crippen molar-refractivity contribution in [2.45, 2.75) is 50.6 Å². The number of nitrogens with zero attached hydrogens (tertiary/aromatic N) is 1. The number of rotatable bonds is 4. The van der Waals surface area contributed by atoms with Crippen LogP contribution < -0.4 is 15.5 Å². The van der Waals surface area contributed by atoms with E-state index in [4.69, 9.17) is 0 Å². The smallest absolute Gasteiger partial charge is 0.319 e. The summed E-state index contributed by atoms with van der Waals surface area (Å²) in [6.07, 6.45) is 6.15. The molecule has 144 valence electrons. The van der Waals surface area contributed by atoms with Crippen molar-refractivity contribution in [2.24, 2.45) is 0 Å². The molecule has 1 saturated carbocycles. The zero-order valence-electron chi connectivity index (χ0n) is 15.0. The lowest BCUT2D eigenvalue weighted by molar-refractivity contribution is 0.249. The van der Waals surface area contributed by atoms with Crippen molar-refractivity contribution in [2.75, 3.05) is 28.8 Å². The third kappa shape index (κ3) is 4.66. The second-order valence-electron chi connectivity index (χ2n) is 7.27. The van der Waals surface area contributed by atoms with Crippen LogP contribution in [0.4, 0.5) is 20.6 Å². The monoisotopic (exact) mass is 383 g/mol. The summed E-state index contributed by atoms with van der Waals surface area (Å²) in [5, 5.41) is 5.21. The summed E-state index contributed by atoms with van der Waals surface area (Å²) in [6, 6.07) is 4.10. The molecule has 0 aromatic heterocycles. The minimum Gasteiger partial charge on any atom is -0.369 e. The fraction of sp³-hybridized carbons (Fsp3) is 0.611. The van der Waals surface area contributed by atoms with Gasteiger partial charge in [-0.15, -0.1) is 0 Å². The van der Waals surface area contributed by atoms with E-state index in [1.807, 2.05) is 11.9 Å². The Labute approximate surface area is 154 Å². The fourth-order valence-electron chi connectivity index (χ4n) is 3.80. The van der Waals surface area contributed by atoms with Crippen LogP contribution in [0.5, 0.6) is 0 Å².